The molecule has 0 bridgehead atoms. The van der Waals surface area contributed by atoms with Gasteiger partial charge in [-0.3, -0.25) is 9.10 Å². The molecular formula is C14H21ClN2O5S. The first-order valence-electron chi connectivity index (χ1n) is 6.86. The minimum atomic E-state index is -3.64. The van der Waals surface area contributed by atoms with E-state index < -0.39 is 15.9 Å². The summed E-state index contributed by atoms with van der Waals surface area (Å²) in [6.07, 6.45) is 1.68. The van der Waals surface area contributed by atoms with Crippen LogP contribution in [0.25, 0.3) is 0 Å². The number of sulfonamides is 1. The van der Waals surface area contributed by atoms with Crippen LogP contribution in [-0.2, 0) is 19.6 Å². The fourth-order valence-electron chi connectivity index (χ4n) is 1.84. The minimum Gasteiger partial charge on any atom is -0.495 e. The summed E-state index contributed by atoms with van der Waals surface area (Å²) in [7, 11) is -0.605. The summed E-state index contributed by atoms with van der Waals surface area (Å²) in [5.74, 6) is 0.0198. The monoisotopic (exact) mass is 364 g/mol. The van der Waals surface area contributed by atoms with Crippen molar-refractivity contribution in [1.82, 2.24) is 5.32 Å². The Balaban J connectivity index is 2.86. The summed E-state index contributed by atoms with van der Waals surface area (Å²) < 4.78 is 34.8. The van der Waals surface area contributed by atoms with E-state index in [-0.39, 0.29) is 11.6 Å². The van der Waals surface area contributed by atoms with Crippen LogP contribution in [0, 0.1) is 0 Å². The van der Waals surface area contributed by atoms with E-state index in [4.69, 9.17) is 21.1 Å². The second-order valence-corrected chi connectivity index (χ2v) is 7.10. The molecule has 1 aromatic carbocycles. The number of nitrogens with zero attached hydrogens (tertiary/aromatic N) is 1. The molecule has 0 aromatic heterocycles. The van der Waals surface area contributed by atoms with E-state index in [9.17, 15) is 13.2 Å². The minimum absolute atomic E-state index is 0.263. The maximum Gasteiger partial charge on any atom is 0.240 e. The van der Waals surface area contributed by atoms with Gasteiger partial charge in [0.2, 0.25) is 15.9 Å². The fourth-order valence-corrected chi connectivity index (χ4v) is 2.94. The predicted octanol–water partition coefficient (Wildman–Crippen LogP) is 1.27. The lowest BCUT2D eigenvalue weighted by molar-refractivity contribution is -0.119. The molecule has 1 N–H and O–H groups in total. The molecule has 23 heavy (non-hydrogen) atoms. The van der Waals surface area contributed by atoms with Crippen LogP contribution in [0.4, 0.5) is 5.69 Å². The SMILES string of the molecule is COCCCNC(=O)CN(c1ccc(OC)c(Cl)c1)S(C)(=O)=O. The first kappa shape index (κ1) is 19.5. The van der Waals surface area contributed by atoms with Gasteiger partial charge in [0.1, 0.15) is 12.3 Å². The van der Waals surface area contributed by atoms with Crippen LogP contribution < -0.4 is 14.4 Å². The van der Waals surface area contributed by atoms with Crippen molar-refractivity contribution >= 4 is 33.2 Å². The molecule has 0 fully saturated rings. The molecule has 7 nitrogen and oxygen atoms in total. The van der Waals surface area contributed by atoms with Crippen molar-refractivity contribution < 1.29 is 22.7 Å². The van der Waals surface area contributed by atoms with Crippen LogP contribution in [0.15, 0.2) is 18.2 Å². The number of carbonyl (C=O) groups excluding carboxylic acids is 1. The van der Waals surface area contributed by atoms with Gasteiger partial charge in [-0.1, -0.05) is 11.6 Å². The highest BCUT2D eigenvalue weighted by Crippen LogP contribution is 2.30. The van der Waals surface area contributed by atoms with Crippen LogP contribution in [0.5, 0.6) is 5.75 Å². The first-order chi connectivity index (χ1) is 10.8. The van der Waals surface area contributed by atoms with Crippen molar-refractivity contribution in [1.29, 1.82) is 0 Å². The molecule has 0 radical (unpaired) electrons. The Bertz CT molecular complexity index is 636. The molecule has 1 aromatic rings. The summed E-state index contributed by atoms with van der Waals surface area (Å²) >= 11 is 6.02. The van der Waals surface area contributed by atoms with Gasteiger partial charge >= 0.3 is 0 Å². The Hall–Kier alpha value is -1.51. The van der Waals surface area contributed by atoms with E-state index in [1.165, 1.54) is 19.2 Å². The van der Waals surface area contributed by atoms with Crippen molar-refractivity contribution in [3.05, 3.63) is 23.2 Å². The predicted molar refractivity (Wildman–Crippen MR) is 89.7 cm³/mol. The standard InChI is InChI=1S/C14H21ClN2O5S/c1-21-8-4-7-16-14(18)10-17(23(3,19)20)11-5-6-13(22-2)12(15)9-11/h5-6,9H,4,7-8,10H2,1-3H3,(H,16,18). The van der Waals surface area contributed by atoms with E-state index >= 15 is 0 Å². The van der Waals surface area contributed by atoms with Crippen molar-refractivity contribution in [3.63, 3.8) is 0 Å². The molecular weight excluding hydrogens is 344 g/mol. The molecule has 0 saturated carbocycles. The molecule has 0 aliphatic rings. The Morgan fingerprint density at radius 3 is 2.57 bits per heavy atom. The van der Waals surface area contributed by atoms with E-state index in [0.29, 0.717) is 31.0 Å². The van der Waals surface area contributed by atoms with E-state index in [2.05, 4.69) is 5.32 Å². The van der Waals surface area contributed by atoms with Crippen molar-refractivity contribution in [3.8, 4) is 5.75 Å². The number of rotatable bonds is 9. The van der Waals surface area contributed by atoms with Gasteiger partial charge in [0.05, 0.1) is 24.1 Å². The highest BCUT2D eigenvalue weighted by atomic mass is 35.5. The van der Waals surface area contributed by atoms with E-state index in [1.807, 2.05) is 0 Å². The lowest BCUT2D eigenvalue weighted by Gasteiger charge is -2.22. The van der Waals surface area contributed by atoms with Crippen LogP contribution in [0.2, 0.25) is 5.02 Å². The number of carbonyl (C=O) groups is 1. The Labute approximate surface area is 141 Å². The zero-order valence-corrected chi connectivity index (χ0v) is 14.9. The number of hydrogen-bond acceptors (Lipinski definition) is 5. The summed E-state index contributed by atoms with van der Waals surface area (Å²) in [5.41, 5.74) is 0.297. The van der Waals surface area contributed by atoms with Gasteiger partial charge in [0.25, 0.3) is 0 Å². The highest BCUT2D eigenvalue weighted by molar-refractivity contribution is 7.92. The lowest BCUT2D eigenvalue weighted by atomic mass is 10.3. The fraction of sp³-hybridized carbons (Fsp3) is 0.500. The van der Waals surface area contributed by atoms with Gasteiger partial charge in [0, 0.05) is 20.3 Å². The molecule has 0 unspecified atom stereocenters. The number of benzene rings is 1. The number of nitrogens with one attached hydrogen (secondary N) is 1. The van der Waals surface area contributed by atoms with E-state index in [0.717, 1.165) is 10.6 Å². The third-order valence-electron chi connectivity index (χ3n) is 2.96. The van der Waals surface area contributed by atoms with Crippen molar-refractivity contribution in [2.45, 2.75) is 6.42 Å². The molecule has 0 atom stereocenters. The number of amides is 1. The average molecular weight is 365 g/mol. The molecule has 0 saturated heterocycles. The van der Waals surface area contributed by atoms with Gasteiger partial charge in [0.15, 0.2) is 0 Å². The van der Waals surface area contributed by atoms with Crippen LogP contribution in [-0.4, -0.2) is 54.5 Å². The van der Waals surface area contributed by atoms with Crippen LogP contribution in [0.3, 0.4) is 0 Å². The van der Waals surface area contributed by atoms with Gasteiger partial charge in [-0.2, -0.15) is 0 Å². The molecule has 0 aliphatic carbocycles. The van der Waals surface area contributed by atoms with Gasteiger partial charge in [-0.25, -0.2) is 8.42 Å². The summed E-state index contributed by atoms with van der Waals surface area (Å²) in [6, 6.07) is 4.52. The molecule has 0 aliphatic heterocycles. The Morgan fingerprint density at radius 2 is 2.04 bits per heavy atom. The zero-order chi connectivity index (χ0) is 17.5. The molecule has 0 spiro atoms. The largest absolute Gasteiger partial charge is 0.495 e. The quantitative estimate of drug-likeness (QED) is 0.667. The maximum absolute atomic E-state index is 12.0. The number of hydrogen-bond donors (Lipinski definition) is 1. The smallest absolute Gasteiger partial charge is 0.240 e. The normalized spacial score (nSPS) is 11.1. The molecule has 1 amide bonds. The number of methoxy groups -OCH3 is 2. The Morgan fingerprint density at radius 1 is 1.35 bits per heavy atom. The van der Waals surface area contributed by atoms with Crippen molar-refractivity contribution in [2.24, 2.45) is 0 Å². The van der Waals surface area contributed by atoms with Gasteiger partial charge in [-0.05, 0) is 24.6 Å². The second kappa shape index (κ2) is 8.95. The first-order valence-corrected chi connectivity index (χ1v) is 9.09. The third kappa shape index (κ3) is 6.25. The topological polar surface area (TPSA) is 84.9 Å². The van der Waals surface area contributed by atoms with Crippen molar-refractivity contribution in [2.75, 3.05) is 44.5 Å². The molecule has 0 heterocycles. The van der Waals surface area contributed by atoms with Crippen LogP contribution >= 0.6 is 11.6 Å². The van der Waals surface area contributed by atoms with Gasteiger partial charge in [-0.15, -0.1) is 0 Å². The maximum atomic E-state index is 12.0. The summed E-state index contributed by atoms with van der Waals surface area (Å²) in [5, 5.41) is 2.91. The molecule has 9 heteroatoms. The number of ether oxygens (including phenoxy) is 2. The second-order valence-electron chi connectivity index (χ2n) is 4.78. The Kier molecular flexibility index (Phi) is 7.60. The third-order valence-corrected chi connectivity index (χ3v) is 4.39. The van der Waals surface area contributed by atoms with Crippen LogP contribution in [0.1, 0.15) is 6.42 Å². The number of anilines is 1. The molecule has 130 valence electrons. The molecule has 1 rings (SSSR count). The van der Waals surface area contributed by atoms with Gasteiger partial charge < -0.3 is 14.8 Å². The summed E-state index contributed by atoms with van der Waals surface area (Å²) in [4.78, 5) is 11.9. The summed E-state index contributed by atoms with van der Waals surface area (Å²) in [6.45, 7) is 0.603. The average Bonchev–Trinajstić information content (AvgIpc) is 2.48. The number of halogens is 1. The van der Waals surface area contributed by atoms with E-state index in [1.54, 1.807) is 13.2 Å². The highest BCUT2D eigenvalue weighted by Gasteiger charge is 2.21. The lowest BCUT2D eigenvalue weighted by Crippen LogP contribution is -2.40. The zero-order valence-electron chi connectivity index (χ0n) is 13.3.